The van der Waals surface area contributed by atoms with Crippen LogP contribution in [0.25, 0.3) is 0 Å². The molecule has 0 bridgehead atoms. The van der Waals surface area contributed by atoms with Crippen molar-refractivity contribution in [3.63, 3.8) is 0 Å². The number of ether oxygens (including phenoxy) is 3. The van der Waals surface area contributed by atoms with Crippen molar-refractivity contribution in [3.8, 4) is 11.5 Å². The minimum atomic E-state index is -4.98. The number of carbonyl (C=O) groups is 2. The first-order chi connectivity index (χ1) is 13.3. The molecule has 0 saturated heterocycles. The van der Waals surface area contributed by atoms with E-state index in [4.69, 9.17) is 27.9 Å². The smallest absolute Gasteiger partial charge is 0.480 e. The van der Waals surface area contributed by atoms with Crippen molar-refractivity contribution in [3.05, 3.63) is 34.3 Å². The van der Waals surface area contributed by atoms with Crippen molar-refractivity contribution >= 4 is 35.1 Å². The minimum absolute atomic E-state index is 0.136. The molecule has 1 rings (SSSR count). The topological polar surface area (TPSA) is 73.9 Å². The van der Waals surface area contributed by atoms with Gasteiger partial charge in [0, 0.05) is 18.2 Å². The van der Waals surface area contributed by atoms with E-state index in [1.165, 1.54) is 19.3 Å². The molecule has 0 radical (unpaired) electrons. The van der Waals surface area contributed by atoms with Crippen LogP contribution in [0.3, 0.4) is 0 Å². The summed E-state index contributed by atoms with van der Waals surface area (Å²) >= 11 is 11.6. The molecule has 1 N–H and O–H groups in total. The molecule has 6 nitrogen and oxygen atoms in total. The average Bonchev–Trinajstić information content (AvgIpc) is 2.60. The number of hydrogen-bond acceptors (Lipinski definition) is 5. The lowest BCUT2D eigenvalue weighted by Gasteiger charge is -2.26. The Morgan fingerprint density at radius 3 is 2.38 bits per heavy atom. The van der Waals surface area contributed by atoms with Crippen LogP contribution in [0.1, 0.15) is 27.2 Å². The number of benzene rings is 1. The van der Waals surface area contributed by atoms with Crippen molar-refractivity contribution in [2.75, 3.05) is 7.11 Å². The van der Waals surface area contributed by atoms with E-state index in [2.05, 4.69) is 14.8 Å². The van der Waals surface area contributed by atoms with Gasteiger partial charge in [0.25, 0.3) is 5.91 Å². The first-order valence-corrected chi connectivity index (χ1v) is 9.04. The molecule has 1 aromatic rings. The second-order valence-corrected chi connectivity index (χ2v) is 7.13. The van der Waals surface area contributed by atoms with E-state index in [-0.39, 0.29) is 17.2 Å². The second kappa shape index (κ2) is 10.1. The van der Waals surface area contributed by atoms with Gasteiger partial charge in [-0.2, -0.15) is 0 Å². The largest absolute Gasteiger partial charge is 0.573 e. The van der Waals surface area contributed by atoms with Crippen molar-refractivity contribution < 1.29 is 37.0 Å². The molecule has 0 aliphatic heterocycles. The van der Waals surface area contributed by atoms with Gasteiger partial charge in [-0.15, -0.1) is 13.2 Å². The molecular formula is C18H20Cl2F3NO5. The Morgan fingerprint density at radius 1 is 1.24 bits per heavy atom. The Morgan fingerprint density at radius 2 is 1.86 bits per heavy atom. The fraction of sp³-hybridized carbons (Fsp3) is 0.444. The Hall–Kier alpha value is -2.13. The summed E-state index contributed by atoms with van der Waals surface area (Å²) in [6.07, 6.45) is -3.27. The first kappa shape index (κ1) is 24.9. The van der Waals surface area contributed by atoms with Crippen molar-refractivity contribution in [2.45, 2.75) is 45.2 Å². The second-order valence-electron chi connectivity index (χ2n) is 6.35. The minimum Gasteiger partial charge on any atom is -0.480 e. The van der Waals surface area contributed by atoms with Crippen molar-refractivity contribution in [1.29, 1.82) is 0 Å². The first-order valence-electron chi connectivity index (χ1n) is 8.28. The molecule has 0 spiro atoms. The van der Waals surface area contributed by atoms with Crippen LogP contribution in [0.2, 0.25) is 10.0 Å². The van der Waals surface area contributed by atoms with Crippen LogP contribution in [0.15, 0.2) is 24.3 Å². The van der Waals surface area contributed by atoms with E-state index in [9.17, 15) is 22.8 Å². The normalized spacial score (nSPS) is 13.1. The van der Waals surface area contributed by atoms with E-state index < -0.39 is 40.7 Å². The summed E-state index contributed by atoms with van der Waals surface area (Å²) in [6.45, 7) is 4.91. The fourth-order valence-corrected chi connectivity index (χ4v) is 2.43. The number of amides is 1. The summed E-state index contributed by atoms with van der Waals surface area (Å²) in [5.41, 5.74) is -0.926. The molecule has 1 amide bonds. The summed E-state index contributed by atoms with van der Waals surface area (Å²) in [5, 5.41) is 1.98. The molecular weight excluding hydrogens is 438 g/mol. The molecule has 0 heterocycles. The predicted octanol–water partition coefficient (Wildman–Crippen LogP) is 4.67. The quantitative estimate of drug-likeness (QED) is 0.453. The van der Waals surface area contributed by atoms with Crippen LogP contribution in [0, 0.1) is 0 Å². The lowest BCUT2D eigenvalue weighted by Crippen LogP contribution is -2.48. The number of carbonyl (C=O) groups excluding carboxylic acids is 2. The van der Waals surface area contributed by atoms with Gasteiger partial charge in [0.05, 0.1) is 17.7 Å². The Bertz CT molecular complexity index is 781. The van der Waals surface area contributed by atoms with Gasteiger partial charge < -0.3 is 19.5 Å². The van der Waals surface area contributed by atoms with E-state index in [0.717, 1.165) is 12.1 Å². The number of methoxy groups -OCH3 is 1. The van der Waals surface area contributed by atoms with Crippen molar-refractivity contribution in [2.24, 2.45) is 0 Å². The Labute approximate surface area is 175 Å². The van der Waals surface area contributed by atoms with E-state index in [1.807, 2.05) is 0 Å². The zero-order valence-corrected chi connectivity index (χ0v) is 17.5. The molecule has 0 fully saturated rings. The lowest BCUT2D eigenvalue weighted by atomic mass is 10.0. The Kier molecular flexibility index (Phi) is 8.65. The number of rotatable bonds is 8. The molecule has 1 aromatic carbocycles. The third kappa shape index (κ3) is 8.41. The number of hydrogen-bond donors (Lipinski definition) is 1. The molecule has 11 heteroatoms. The highest BCUT2D eigenvalue weighted by atomic mass is 35.5. The van der Waals surface area contributed by atoms with E-state index >= 15 is 0 Å². The summed E-state index contributed by atoms with van der Waals surface area (Å²) < 4.78 is 51.3. The summed E-state index contributed by atoms with van der Waals surface area (Å²) in [4.78, 5) is 23.7. The van der Waals surface area contributed by atoms with Gasteiger partial charge in [0.15, 0.2) is 11.9 Å². The predicted molar refractivity (Wildman–Crippen MR) is 101 cm³/mol. The number of halogens is 5. The summed E-state index contributed by atoms with van der Waals surface area (Å²) in [6, 6.07) is 2.06. The van der Waals surface area contributed by atoms with Crippen LogP contribution in [0.4, 0.5) is 13.2 Å². The van der Waals surface area contributed by atoms with Gasteiger partial charge in [-0.3, -0.25) is 4.79 Å². The highest BCUT2D eigenvalue weighted by Gasteiger charge is 2.33. The molecule has 0 aliphatic rings. The third-order valence-corrected chi connectivity index (χ3v) is 4.20. The lowest BCUT2D eigenvalue weighted by molar-refractivity contribution is -0.274. The number of esters is 1. The van der Waals surface area contributed by atoms with Crippen LogP contribution in [-0.4, -0.2) is 37.0 Å². The zero-order chi connectivity index (χ0) is 22.4. The molecule has 0 aromatic heterocycles. The van der Waals surface area contributed by atoms with Crippen molar-refractivity contribution in [1.82, 2.24) is 5.32 Å². The van der Waals surface area contributed by atoms with Gasteiger partial charge >= 0.3 is 12.3 Å². The maximum Gasteiger partial charge on any atom is 0.573 e. The molecule has 0 aliphatic carbocycles. The van der Waals surface area contributed by atoms with Gasteiger partial charge in [-0.25, -0.2) is 4.79 Å². The SMILES string of the molecule is CC[C@@H](Oc1cc(Cl)c(Cl)c(OC(F)(F)F)c1)C(=O)NC(C)(C)/C=C/C(=O)OC. The molecule has 29 heavy (non-hydrogen) atoms. The zero-order valence-electron chi connectivity index (χ0n) is 16.0. The molecule has 0 saturated carbocycles. The van der Waals surface area contributed by atoms with E-state index in [1.54, 1.807) is 20.8 Å². The fourth-order valence-electron chi connectivity index (χ4n) is 2.08. The van der Waals surface area contributed by atoms with Gasteiger partial charge in [-0.05, 0) is 20.3 Å². The van der Waals surface area contributed by atoms with Crippen LogP contribution < -0.4 is 14.8 Å². The Balaban J connectivity index is 2.98. The van der Waals surface area contributed by atoms with Gasteiger partial charge in [0.2, 0.25) is 0 Å². The molecule has 162 valence electrons. The maximum absolute atomic E-state index is 12.5. The van der Waals surface area contributed by atoms with Crippen LogP contribution in [0.5, 0.6) is 11.5 Å². The summed E-state index contributed by atoms with van der Waals surface area (Å²) in [5.74, 6) is -2.04. The van der Waals surface area contributed by atoms with Gasteiger partial charge in [-0.1, -0.05) is 36.2 Å². The standard InChI is InChI=1S/C18H20Cl2F3NO5/c1-5-12(16(26)24-17(2,3)7-6-14(25)27-4)28-10-8-11(19)15(20)13(9-10)29-18(21,22)23/h6-9,12H,5H2,1-4H3,(H,24,26)/b7-6+/t12-/m1/s1. The van der Waals surface area contributed by atoms with E-state index in [0.29, 0.717) is 0 Å². The number of nitrogens with one attached hydrogen (secondary N) is 1. The highest BCUT2D eigenvalue weighted by Crippen LogP contribution is 2.39. The van der Waals surface area contributed by atoms with Gasteiger partial charge in [0.1, 0.15) is 10.8 Å². The monoisotopic (exact) mass is 457 g/mol. The number of alkyl halides is 3. The summed E-state index contributed by atoms with van der Waals surface area (Å²) in [7, 11) is 1.22. The molecule has 0 unspecified atom stereocenters. The third-order valence-electron chi connectivity index (χ3n) is 3.42. The van der Waals surface area contributed by atoms with Crippen LogP contribution >= 0.6 is 23.2 Å². The average molecular weight is 458 g/mol. The highest BCUT2D eigenvalue weighted by molar-refractivity contribution is 6.43. The maximum atomic E-state index is 12.5. The molecule has 1 atom stereocenters. The van der Waals surface area contributed by atoms with Crippen LogP contribution in [-0.2, 0) is 14.3 Å².